The number of rotatable bonds is 4. The first-order valence-corrected chi connectivity index (χ1v) is 4.10. The molecule has 1 aromatic rings. The summed E-state index contributed by atoms with van der Waals surface area (Å²) in [5, 5.41) is 11.3. The molecule has 5 nitrogen and oxygen atoms in total. The highest BCUT2D eigenvalue weighted by atomic mass is 32.2. The Bertz CT molecular complexity index is 281. The van der Waals surface area contributed by atoms with Crippen molar-refractivity contribution in [2.75, 3.05) is 12.8 Å². The van der Waals surface area contributed by atoms with Crippen LogP contribution < -0.4 is 10.5 Å². The Morgan fingerprint density at radius 2 is 2.23 bits per heavy atom. The maximum atomic E-state index is 7.90. The second kappa shape index (κ2) is 4.93. The Balaban J connectivity index is 2.71. The highest BCUT2D eigenvalue weighted by Crippen LogP contribution is 2.27. The molecule has 0 bridgehead atoms. The summed E-state index contributed by atoms with van der Waals surface area (Å²) in [4.78, 5) is 0.701. The molecule has 13 heavy (non-hydrogen) atoms. The Hall–Kier alpha value is -0.950. The lowest BCUT2D eigenvalue weighted by Crippen LogP contribution is -1.92. The molecule has 1 rings (SSSR count). The van der Waals surface area contributed by atoms with Crippen LogP contribution >= 0.6 is 12.0 Å². The Kier molecular flexibility index (Phi) is 3.84. The summed E-state index contributed by atoms with van der Waals surface area (Å²) in [7, 11) is 1.53. The predicted molar refractivity (Wildman–Crippen MR) is 48.1 cm³/mol. The highest BCUT2D eigenvalue weighted by molar-refractivity contribution is 7.94. The lowest BCUT2D eigenvalue weighted by atomic mass is 10.3. The van der Waals surface area contributed by atoms with Crippen molar-refractivity contribution in [2.45, 2.75) is 4.90 Å². The molecule has 0 atom stereocenters. The summed E-state index contributed by atoms with van der Waals surface area (Å²) in [5.74, 6) is 0.592. The van der Waals surface area contributed by atoms with Crippen LogP contribution in [0, 0.1) is 0 Å². The van der Waals surface area contributed by atoms with Crippen LogP contribution in [0.15, 0.2) is 23.1 Å². The number of anilines is 1. The van der Waals surface area contributed by atoms with Gasteiger partial charge in [0.25, 0.3) is 0 Å². The summed E-state index contributed by atoms with van der Waals surface area (Å²) in [6.07, 6.45) is 0. The van der Waals surface area contributed by atoms with E-state index in [1.807, 2.05) is 0 Å². The normalized spacial score (nSPS) is 10.0. The zero-order valence-electron chi connectivity index (χ0n) is 6.89. The average molecular weight is 203 g/mol. The van der Waals surface area contributed by atoms with E-state index in [0.717, 1.165) is 12.0 Å². The number of benzene rings is 1. The molecule has 72 valence electrons. The molecule has 0 radical (unpaired) electrons. The van der Waals surface area contributed by atoms with Crippen molar-refractivity contribution >= 4 is 17.7 Å². The molecule has 0 amide bonds. The number of nitrogens with two attached hydrogens (primary N) is 1. The smallest absolute Gasteiger partial charge is 0.141 e. The highest BCUT2D eigenvalue weighted by Gasteiger charge is 2.01. The van der Waals surface area contributed by atoms with Crippen LogP contribution in [0.2, 0.25) is 0 Å². The van der Waals surface area contributed by atoms with E-state index in [1.54, 1.807) is 18.2 Å². The zero-order valence-corrected chi connectivity index (χ0v) is 7.71. The summed E-state index contributed by atoms with van der Waals surface area (Å²) in [6.45, 7) is 0. The third-order valence-electron chi connectivity index (χ3n) is 1.36. The van der Waals surface area contributed by atoms with Gasteiger partial charge in [-0.15, -0.1) is 4.33 Å². The molecule has 0 aromatic heterocycles. The van der Waals surface area contributed by atoms with Crippen LogP contribution in [0.5, 0.6) is 5.75 Å². The second-order valence-electron chi connectivity index (χ2n) is 2.13. The van der Waals surface area contributed by atoms with E-state index in [9.17, 15) is 0 Å². The number of hydrogen-bond acceptors (Lipinski definition) is 6. The molecule has 0 saturated carbocycles. The van der Waals surface area contributed by atoms with E-state index in [2.05, 4.69) is 9.37 Å². The fraction of sp³-hybridized carbons (Fsp3) is 0.143. The van der Waals surface area contributed by atoms with Crippen LogP contribution in [0.25, 0.3) is 0 Å². The van der Waals surface area contributed by atoms with Gasteiger partial charge in [-0.25, -0.2) is 5.26 Å². The van der Waals surface area contributed by atoms with Gasteiger partial charge in [0, 0.05) is 4.90 Å². The van der Waals surface area contributed by atoms with Crippen molar-refractivity contribution in [2.24, 2.45) is 0 Å². The molecule has 0 aliphatic rings. The van der Waals surface area contributed by atoms with Gasteiger partial charge in [0.15, 0.2) is 0 Å². The number of methoxy groups -OCH3 is 1. The third kappa shape index (κ3) is 2.78. The van der Waals surface area contributed by atoms with Crippen molar-refractivity contribution < 1.29 is 19.4 Å². The lowest BCUT2D eigenvalue weighted by Gasteiger charge is -2.04. The summed E-state index contributed by atoms with van der Waals surface area (Å²) >= 11 is 0.846. The molecule has 0 saturated heterocycles. The Labute approximate surface area is 79.5 Å². The van der Waals surface area contributed by atoms with E-state index < -0.39 is 0 Å². The molecular formula is C7H9NO4S. The fourth-order valence-corrected chi connectivity index (χ4v) is 1.23. The monoisotopic (exact) mass is 203 g/mol. The Morgan fingerprint density at radius 1 is 1.46 bits per heavy atom. The van der Waals surface area contributed by atoms with Crippen molar-refractivity contribution in [1.82, 2.24) is 0 Å². The van der Waals surface area contributed by atoms with Crippen LogP contribution in [0.4, 0.5) is 5.69 Å². The molecule has 0 spiro atoms. The maximum Gasteiger partial charge on any atom is 0.141 e. The van der Waals surface area contributed by atoms with Gasteiger partial charge >= 0.3 is 0 Å². The maximum absolute atomic E-state index is 7.90. The molecule has 0 aliphatic carbocycles. The van der Waals surface area contributed by atoms with Gasteiger partial charge in [-0.1, -0.05) is 5.04 Å². The third-order valence-corrected chi connectivity index (χ3v) is 1.94. The topological polar surface area (TPSA) is 73.9 Å². The van der Waals surface area contributed by atoms with Crippen molar-refractivity contribution in [3.05, 3.63) is 18.2 Å². The van der Waals surface area contributed by atoms with Gasteiger partial charge in [0.2, 0.25) is 0 Å². The molecular weight excluding hydrogens is 194 g/mol. The molecule has 6 heteroatoms. The molecule has 0 heterocycles. The molecule has 0 fully saturated rings. The van der Waals surface area contributed by atoms with E-state index in [-0.39, 0.29) is 0 Å². The summed E-state index contributed by atoms with van der Waals surface area (Å²) < 4.78 is 9.17. The molecule has 0 unspecified atom stereocenters. The number of nitrogen functional groups attached to an aromatic ring is 1. The first-order valence-electron chi connectivity index (χ1n) is 3.36. The van der Waals surface area contributed by atoms with Gasteiger partial charge < -0.3 is 10.5 Å². The molecule has 3 N–H and O–H groups in total. The Morgan fingerprint density at radius 3 is 2.77 bits per heavy atom. The second-order valence-corrected chi connectivity index (χ2v) is 2.90. The zero-order chi connectivity index (χ0) is 9.68. The van der Waals surface area contributed by atoms with Crippen molar-refractivity contribution in [1.29, 1.82) is 0 Å². The quantitative estimate of drug-likeness (QED) is 0.336. The summed E-state index contributed by atoms with van der Waals surface area (Å²) in [6, 6.07) is 5.06. The largest absolute Gasteiger partial charge is 0.495 e. The molecule has 1 aromatic carbocycles. The van der Waals surface area contributed by atoms with Crippen molar-refractivity contribution in [3.8, 4) is 5.75 Å². The molecule has 0 aliphatic heterocycles. The van der Waals surface area contributed by atoms with Gasteiger partial charge in [-0.3, -0.25) is 0 Å². The van der Waals surface area contributed by atoms with E-state index >= 15 is 0 Å². The fourth-order valence-electron chi connectivity index (χ4n) is 0.819. The number of ether oxygens (including phenoxy) is 1. The van der Waals surface area contributed by atoms with Gasteiger partial charge in [0.05, 0.1) is 24.8 Å². The first kappa shape index (κ1) is 10.1. The van der Waals surface area contributed by atoms with Gasteiger partial charge in [-0.05, 0) is 18.2 Å². The van der Waals surface area contributed by atoms with Gasteiger partial charge in [0.1, 0.15) is 5.75 Å². The SMILES string of the molecule is COc1ccc(SOOO)cc1N. The minimum absolute atomic E-state index is 0.494. The van der Waals surface area contributed by atoms with Crippen LogP contribution in [-0.2, 0) is 9.37 Å². The van der Waals surface area contributed by atoms with E-state index in [0.29, 0.717) is 16.3 Å². The number of hydrogen-bond donors (Lipinski definition) is 2. The summed E-state index contributed by atoms with van der Waals surface area (Å²) in [5.41, 5.74) is 6.10. The van der Waals surface area contributed by atoms with Crippen LogP contribution in [-0.4, -0.2) is 12.4 Å². The van der Waals surface area contributed by atoms with Crippen molar-refractivity contribution in [3.63, 3.8) is 0 Å². The lowest BCUT2D eigenvalue weighted by molar-refractivity contribution is -0.432. The average Bonchev–Trinajstić information content (AvgIpc) is 2.15. The van der Waals surface area contributed by atoms with Crippen LogP contribution in [0.3, 0.4) is 0 Å². The van der Waals surface area contributed by atoms with E-state index in [4.69, 9.17) is 15.7 Å². The van der Waals surface area contributed by atoms with E-state index in [1.165, 1.54) is 7.11 Å². The van der Waals surface area contributed by atoms with Gasteiger partial charge in [-0.2, -0.15) is 0 Å². The minimum atomic E-state index is 0.494. The van der Waals surface area contributed by atoms with Crippen LogP contribution in [0.1, 0.15) is 0 Å². The minimum Gasteiger partial charge on any atom is -0.495 e. The first-order chi connectivity index (χ1) is 6.27. The standard InChI is InChI=1S/C7H9NO4S/c1-10-7-3-2-5(4-6(7)8)13-12-11-9/h2-4,9H,8H2,1H3. The predicted octanol–water partition coefficient (Wildman–Crippen LogP) is 1.71.